The van der Waals surface area contributed by atoms with E-state index in [0.29, 0.717) is 5.69 Å². The van der Waals surface area contributed by atoms with Gasteiger partial charge in [0, 0.05) is 10.2 Å². The fraction of sp³-hybridized carbons (Fsp3) is 0.167. The highest BCUT2D eigenvalue weighted by atomic mass is 79.9. The standard InChI is InChI=1S/C12H11BrN4O4/c1-6-5-7(3-4-8(6)13)14-11(18)9-10(17(19)20)12(21-2)16-15-9/h3-5H,1-2H3,(H,14,18)(H,15,16). The monoisotopic (exact) mass is 354 g/mol. The van der Waals surface area contributed by atoms with Crippen LogP contribution in [0.3, 0.4) is 0 Å². The summed E-state index contributed by atoms with van der Waals surface area (Å²) in [7, 11) is 1.24. The Morgan fingerprint density at radius 2 is 2.24 bits per heavy atom. The van der Waals surface area contributed by atoms with Crippen molar-refractivity contribution < 1.29 is 14.5 Å². The van der Waals surface area contributed by atoms with E-state index in [9.17, 15) is 14.9 Å². The lowest BCUT2D eigenvalue weighted by atomic mass is 10.2. The number of benzene rings is 1. The summed E-state index contributed by atoms with van der Waals surface area (Å²) < 4.78 is 5.65. The van der Waals surface area contributed by atoms with Crippen molar-refractivity contribution >= 4 is 33.2 Å². The summed E-state index contributed by atoms with van der Waals surface area (Å²) in [5, 5.41) is 19.5. The van der Waals surface area contributed by atoms with Gasteiger partial charge in [-0.25, -0.2) is 0 Å². The number of nitrogens with one attached hydrogen (secondary N) is 2. The van der Waals surface area contributed by atoms with Crippen LogP contribution in [-0.4, -0.2) is 28.1 Å². The van der Waals surface area contributed by atoms with Crippen LogP contribution in [0.2, 0.25) is 0 Å². The van der Waals surface area contributed by atoms with Gasteiger partial charge in [0.05, 0.1) is 12.0 Å². The Bertz CT molecular complexity index is 713. The largest absolute Gasteiger partial charge is 0.475 e. The van der Waals surface area contributed by atoms with Crippen molar-refractivity contribution in [2.45, 2.75) is 6.92 Å². The minimum Gasteiger partial charge on any atom is -0.475 e. The number of methoxy groups -OCH3 is 1. The Kier molecular flexibility index (Phi) is 4.22. The molecule has 1 amide bonds. The van der Waals surface area contributed by atoms with Gasteiger partial charge in [0.1, 0.15) is 0 Å². The number of hydrogen-bond donors (Lipinski definition) is 2. The summed E-state index contributed by atoms with van der Waals surface area (Å²) in [5.41, 5.74) is 0.675. The van der Waals surface area contributed by atoms with Gasteiger partial charge in [-0.05, 0) is 30.7 Å². The summed E-state index contributed by atoms with van der Waals surface area (Å²) in [6.45, 7) is 1.86. The zero-order chi connectivity index (χ0) is 15.6. The van der Waals surface area contributed by atoms with Crippen molar-refractivity contribution in [1.82, 2.24) is 10.2 Å². The third-order valence-electron chi connectivity index (χ3n) is 2.73. The molecule has 2 N–H and O–H groups in total. The van der Waals surface area contributed by atoms with Crippen molar-refractivity contribution in [2.75, 3.05) is 12.4 Å². The second-order valence-electron chi connectivity index (χ2n) is 4.13. The molecule has 1 aromatic carbocycles. The first-order valence-electron chi connectivity index (χ1n) is 5.78. The Morgan fingerprint density at radius 1 is 1.52 bits per heavy atom. The van der Waals surface area contributed by atoms with Crippen LogP contribution in [0.25, 0.3) is 0 Å². The normalized spacial score (nSPS) is 10.2. The van der Waals surface area contributed by atoms with Crippen LogP contribution in [0.5, 0.6) is 5.88 Å². The number of halogens is 1. The van der Waals surface area contributed by atoms with Crippen LogP contribution in [0.1, 0.15) is 16.1 Å². The van der Waals surface area contributed by atoms with E-state index in [2.05, 4.69) is 31.4 Å². The van der Waals surface area contributed by atoms with Gasteiger partial charge in [-0.1, -0.05) is 15.9 Å². The molecule has 0 radical (unpaired) electrons. The molecular formula is C12H11BrN4O4. The number of aromatic nitrogens is 2. The average Bonchev–Trinajstić information content (AvgIpc) is 2.87. The zero-order valence-corrected chi connectivity index (χ0v) is 12.7. The molecule has 0 atom stereocenters. The predicted octanol–water partition coefficient (Wildman–Crippen LogP) is 2.65. The molecule has 0 aliphatic heterocycles. The summed E-state index contributed by atoms with van der Waals surface area (Å²) in [5.74, 6) is -0.906. The molecule has 1 aromatic heterocycles. The molecular weight excluding hydrogens is 344 g/mol. The highest BCUT2D eigenvalue weighted by Gasteiger charge is 2.30. The van der Waals surface area contributed by atoms with Gasteiger partial charge in [0.2, 0.25) is 5.69 Å². The van der Waals surface area contributed by atoms with E-state index in [0.717, 1.165) is 10.0 Å². The molecule has 0 unspecified atom stereocenters. The van der Waals surface area contributed by atoms with Crippen LogP contribution < -0.4 is 10.1 Å². The maximum atomic E-state index is 12.1. The molecule has 8 nitrogen and oxygen atoms in total. The minimum absolute atomic E-state index is 0.239. The maximum Gasteiger partial charge on any atom is 0.362 e. The van der Waals surface area contributed by atoms with E-state index in [1.807, 2.05) is 6.92 Å². The van der Waals surface area contributed by atoms with Gasteiger partial charge in [-0.2, -0.15) is 0 Å². The van der Waals surface area contributed by atoms with E-state index < -0.39 is 16.5 Å². The predicted molar refractivity (Wildman–Crippen MR) is 78.6 cm³/mol. The van der Waals surface area contributed by atoms with E-state index >= 15 is 0 Å². The lowest BCUT2D eigenvalue weighted by molar-refractivity contribution is -0.386. The number of nitro groups is 1. The van der Waals surface area contributed by atoms with Crippen LogP contribution in [0.15, 0.2) is 22.7 Å². The number of H-pyrrole nitrogens is 1. The smallest absolute Gasteiger partial charge is 0.362 e. The van der Waals surface area contributed by atoms with Crippen molar-refractivity contribution in [2.24, 2.45) is 0 Å². The Hall–Kier alpha value is -2.42. The number of ether oxygens (including phenoxy) is 1. The highest BCUT2D eigenvalue weighted by Crippen LogP contribution is 2.28. The van der Waals surface area contributed by atoms with Gasteiger partial charge in [0.25, 0.3) is 5.91 Å². The number of amides is 1. The Morgan fingerprint density at radius 3 is 2.81 bits per heavy atom. The van der Waals surface area contributed by atoms with Crippen LogP contribution >= 0.6 is 15.9 Å². The number of hydrogen-bond acceptors (Lipinski definition) is 5. The Balaban J connectivity index is 2.30. The number of aryl methyl sites for hydroxylation is 1. The SMILES string of the molecule is COc1n[nH]c(C(=O)Nc2ccc(Br)c(C)c2)c1[N+](=O)[O-]. The van der Waals surface area contributed by atoms with Gasteiger partial charge in [-0.15, -0.1) is 5.10 Å². The molecule has 21 heavy (non-hydrogen) atoms. The van der Waals surface area contributed by atoms with E-state index in [4.69, 9.17) is 4.74 Å². The fourth-order valence-electron chi connectivity index (χ4n) is 1.71. The molecule has 0 saturated heterocycles. The van der Waals surface area contributed by atoms with Crippen LogP contribution in [0, 0.1) is 17.0 Å². The molecule has 0 spiro atoms. The number of nitrogens with zero attached hydrogens (tertiary/aromatic N) is 2. The van der Waals surface area contributed by atoms with E-state index in [-0.39, 0.29) is 11.6 Å². The summed E-state index contributed by atoms with van der Waals surface area (Å²) in [4.78, 5) is 22.4. The molecule has 9 heteroatoms. The molecule has 1 heterocycles. The van der Waals surface area contributed by atoms with Crippen LogP contribution in [0.4, 0.5) is 11.4 Å². The molecule has 0 aliphatic carbocycles. The van der Waals surface area contributed by atoms with Crippen molar-refractivity contribution in [3.8, 4) is 5.88 Å². The topological polar surface area (TPSA) is 110 Å². The van der Waals surface area contributed by atoms with Gasteiger partial charge in [0.15, 0.2) is 0 Å². The highest BCUT2D eigenvalue weighted by molar-refractivity contribution is 9.10. The Labute approximate surface area is 127 Å². The number of aromatic amines is 1. The first-order chi connectivity index (χ1) is 9.93. The zero-order valence-electron chi connectivity index (χ0n) is 11.1. The maximum absolute atomic E-state index is 12.1. The third kappa shape index (κ3) is 3.02. The molecule has 0 saturated carbocycles. The van der Waals surface area contributed by atoms with Crippen molar-refractivity contribution in [1.29, 1.82) is 0 Å². The minimum atomic E-state index is -0.718. The van der Waals surface area contributed by atoms with Crippen molar-refractivity contribution in [3.05, 3.63) is 44.0 Å². The summed E-state index contributed by atoms with van der Waals surface area (Å²) >= 11 is 3.35. The van der Waals surface area contributed by atoms with Crippen molar-refractivity contribution in [3.63, 3.8) is 0 Å². The molecule has 110 valence electrons. The molecule has 2 aromatic rings. The second-order valence-corrected chi connectivity index (χ2v) is 4.99. The molecule has 0 fully saturated rings. The van der Waals surface area contributed by atoms with E-state index in [1.165, 1.54) is 7.11 Å². The van der Waals surface area contributed by atoms with E-state index in [1.54, 1.807) is 18.2 Å². The second kappa shape index (κ2) is 5.92. The average molecular weight is 355 g/mol. The fourth-order valence-corrected chi connectivity index (χ4v) is 1.95. The number of rotatable bonds is 4. The first-order valence-corrected chi connectivity index (χ1v) is 6.57. The van der Waals surface area contributed by atoms with Crippen LogP contribution in [-0.2, 0) is 0 Å². The lowest BCUT2D eigenvalue weighted by Gasteiger charge is -2.05. The third-order valence-corrected chi connectivity index (χ3v) is 3.62. The summed E-state index contributed by atoms with van der Waals surface area (Å²) in [6.07, 6.45) is 0. The lowest BCUT2D eigenvalue weighted by Crippen LogP contribution is -2.14. The molecule has 0 aliphatic rings. The first kappa shape index (κ1) is 15.0. The number of carbonyl (C=O) groups excluding carboxylic acids is 1. The number of carbonyl (C=O) groups is 1. The quantitative estimate of drug-likeness (QED) is 0.647. The van der Waals surface area contributed by atoms with Gasteiger partial charge >= 0.3 is 11.6 Å². The molecule has 2 rings (SSSR count). The van der Waals surface area contributed by atoms with Gasteiger partial charge in [-0.3, -0.25) is 20.0 Å². The molecule has 0 bridgehead atoms. The van der Waals surface area contributed by atoms with Gasteiger partial charge < -0.3 is 10.1 Å². The number of anilines is 1. The summed E-state index contributed by atoms with van der Waals surface area (Å²) in [6, 6.07) is 5.18.